The molecule has 2 saturated carbocycles. The molecule has 2 aromatic rings. The largest absolute Gasteiger partial charge is 0.393 e. The summed E-state index contributed by atoms with van der Waals surface area (Å²) in [4.78, 5) is 0. The Labute approximate surface area is 151 Å². The van der Waals surface area contributed by atoms with E-state index in [1.165, 1.54) is 35.9 Å². The summed E-state index contributed by atoms with van der Waals surface area (Å²) < 4.78 is 2.68. The Morgan fingerprint density at radius 1 is 1.00 bits per heavy atom. The van der Waals surface area contributed by atoms with E-state index in [1.807, 2.05) is 0 Å². The highest BCUT2D eigenvalue weighted by Crippen LogP contribution is 2.70. The van der Waals surface area contributed by atoms with Crippen LogP contribution in [-0.4, -0.2) is 15.8 Å². The summed E-state index contributed by atoms with van der Waals surface area (Å²) in [5.41, 5.74) is 3.58. The van der Waals surface area contributed by atoms with Crippen LogP contribution in [0.4, 0.5) is 0 Å². The Kier molecular flexibility index (Phi) is 3.00. The van der Waals surface area contributed by atoms with Crippen LogP contribution < -0.4 is 0 Å². The van der Waals surface area contributed by atoms with Crippen molar-refractivity contribution in [2.75, 3.05) is 0 Å². The Balaban J connectivity index is 1.65. The maximum Gasteiger partial charge on any atom is 0.0594 e. The van der Waals surface area contributed by atoms with Crippen LogP contribution >= 0.6 is 0 Å². The zero-order valence-corrected chi connectivity index (χ0v) is 16.0. The van der Waals surface area contributed by atoms with Crippen LogP contribution in [0, 0.1) is 22.2 Å². The van der Waals surface area contributed by atoms with Gasteiger partial charge in [-0.2, -0.15) is 0 Å². The van der Waals surface area contributed by atoms with Crippen LogP contribution in [0.25, 0.3) is 10.9 Å². The number of hydrogen-bond donors (Lipinski definition) is 1. The maximum atomic E-state index is 10.7. The van der Waals surface area contributed by atoms with Gasteiger partial charge in [-0.25, -0.2) is 0 Å². The summed E-state index contributed by atoms with van der Waals surface area (Å²) in [6, 6.07) is 11.9. The molecule has 2 nitrogen and oxygen atoms in total. The van der Waals surface area contributed by atoms with Crippen LogP contribution in [-0.2, 0) is 6.42 Å². The summed E-state index contributed by atoms with van der Waals surface area (Å²) >= 11 is 0. The minimum Gasteiger partial charge on any atom is -0.393 e. The normalized spacial score (nSPS) is 42.0. The van der Waals surface area contributed by atoms with Crippen molar-refractivity contribution in [3.05, 3.63) is 36.0 Å². The van der Waals surface area contributed by atoms with Crippen molar-refractivity contribution in [2.24, 2.45) is 22.2 Å². The molecule has 0 amide bonds. The average Bonchev–Trinajstić information content (AvgIpc) is 3.05. The van der Waals surface area contributed by atoms with Gasteiger partial charge < -0.3 is 9.67 Å². The molecule has 1 aromatic heterocycles. The third-order valence-electron chi connectivity index (χ3n) is 8.92. The van der Waals surface area contributed by atoms with Crippen molar-refractivity contribution in [1.29, 1.82) is 0 Å². The summed E-state index contributed by atoms with van der Waals surface area (Å²) in [5.74, 6) is 0.612. The van der Waals surface area contributed by atoms with Crippen LogP contribution in [0.3, 0.4) is 0 Å². The molecule has 3 aliphatic rings. The van der Waals surface area contributed by atoms with Gasteiger partial charge in [0.2, 0.25) is 0 Å². The van der Waals surface area contributed by atoms with Crippen molar-refractivity contribution in [1.82, 2.24) is 4.57 Å². The van der Waals surface area contributed by atoms with E-state index in [9.17, 15) is 5.11 Å². The number of aliphatic hydroxyl groups is 1. The van der Waals surface area contributed by atoms with E-state index in [2.05, 4.69) is 62.6 Å². The Morgan fingerprint density at radius 2 is 1.76 bits per heavy atom. The highest BCUT2D eigenvalue weighted by atomic mass is 16.3. The van der Waals surface area contributed by atoms with Crippen molar-refractivity contribution >= 4 is 10.9 Å². The van der Waals surface area contributed by atoms with E-state index in [-0.39, 0.29) is 11.5 Å². The van der Waals surface area contributed by atoms with Crippen LogP contribution in [0.5, 0.6) is 0 Å². The first-order chi connectivity index (χ1) is 11.8. The van der Waals surface area contributed by atoms with Crippen molar-refractivity contribution in [3.63, 3.8) is 0 Å². The van der Waals surface area contributed by atoms with Crippen LogP contribution in [0.1, 0.15) is 65.1 Å². The first-order valence-electron chi connectivity index (χ1n) is 10.1. The van der Waals surface area contributed by atoms with Gasteiger partial charge in [0, 0.05) is 17.3 Å². The predicted octanol–water partition coefficient (Wildman–Crippen LogP) is 5.34. The molecule has 2 heteroatoms. The fourth-order valence-corrected chi connectivity index (χ4v) is 7.28. The zero-order chi connectivity index (χ0) is 17.6. The number of aromatic nitrogens is 1. The fourth-order valence-electron chi connectivity index (χ4n) is 7.28. The number of fused-ring (bicyclic) bond motifs is 7. The summed E-state index contributed by atoms with van der Waals surface area (Å²) in [6.07, 6.45) is 5.65. The van der Waals surface area contributed by atoms with Gasteiger partial charge in [-0.3, -0.25) is 0 Å². The van der Waals surface area contributed by atoms with Gasteiger partial charge >= 0.3 is 0 Å². The monoisotopic (exact) mass is 337 g/mol. The van der Waals surface area contributed by atoms with Crippen LogP contribution in [0.2, 0.25) is 0 Å². The first-order valence-corrected chi connectivity index (χ1v) is 10.1. The van der Waals surface area contributed by atoms with Crippen molar-refractivity contribution < 1.29 is 5.11 Å². The summed E-state index contributed by atoms with van der Waals surface area (Å²) in [6.45, 7) is 9.73. The molecular weight excluding hydrogens is 306 g/mol. The third-order valence-corrected chi connectivity index (χ3v) is 8.92. The Morgan fingerprint density at radius 3 is 2.56 bits per heavy atom. The van der Waals surface area contributed by atoms with Gasteiger partial charge in [0.05, 0.1) is 6.10 Å². The molecule has 0 saturated heterocycles. The fraction of sp³-hybridized carbons (Fsp3) is 0.652. The standard InChI is InChI=1S/C23H31NO/c1-21(2)18-9-10-19-23(4,22(18,3)12-11-20(21)25)14-16-13-15-7-5-6-8-17(15)24(16)19/h5-8,13,18-20,25H,9-12,14H2,1-4H3. The second-order valence-corrected chi connectivity index (χ2v) is 10.1. The molecule has 2 aliphatic carbocycles. The number of rotatable bonds is 0. The smallest absolute Gasteiger partial charge is 0.0594 e. The van der Waals surface area contributed by atoms with E-state index in [4.69, 9.17) is 0 Å². The predicted molar refractivity (Wildman–Crippen MR) is 103 cm³/mol. The molecule has 0 radical (unpaired) electrons. The molecular formula is C23H31NO. The zero-order valence-electron chi connectivity index (χ0n) is 16.0. The third kappa shape index (κ3) is 1.75. The second kappa shape index (κ2) is 4.71. The number of aliphatic hydroxyl groups excluding tert-OH is 1. The molecule has 2 fully saturated rings. The Bertz CT molecular complexity index is 849. The number of hydrogen-bond acceptors (Lipinski definition) is 1. The van der Waals surface area contributed by atoms with Gasteiger partial charge in [0.25, 0.3) is 0 Å². The molecule has 25 heavy (non-hydrogen) atoms. The van der Waals surface area contributed by atoms with E-state index >= 15 is 0 Å². The lowest BCUT2D eigenvalue weighted by Gasteiger charge is -2.64. The van der Waals surface area contributed by atoms with E-state index in [0.29, 0.717) is 22.8 Å². The molecule has 0 bridgehead atoms. The Hall–Kier alpha value is -1.28. The topological polar surface area (TPSA) is 25.2 Å². The number of nitrogens with zero attached hydrogens (tertiary/aromatic N) is 1. The van der Waals surface area contributed by atoms with Gasteiger partial charge in [0.1, 0.15) is 0 Å². The lowest BCUT2D eigenvalue weighted by atomic mass is 9.42. The minimum absolute atomic E-state index is 0.0281. The average molecular weight is 338 g/mol. The molecule has 5 atom stereocenters. The maximum absolute atomic E-state index is 10.7. The van der Waals surface area contributed by atoms with E-state index < -0.39 is 0 Å². The molecule has 1 aromatic carbocycles. The van der Waals surface area contributed by atoms with Gasteiger partial charge in [0.15, 0.2) is 0 Å². The van der Waals surface area contributed by atoms with Crippen LogP contribution in [0.15, 0.2) is 30.3 Å². The molecule has 0 spiro atoms. The van der Waals surface area contributed by atoms with Gasteiger partial charge in [-0.1, -0.05) is 45.9 Å². The minimum atomic E-state index is -0.146. The lowest BCUT2D eigenvalue weighted by Crippen LogP contribution is -2.59. The van der Waals surface area contributed by atoms with E-state index in [1.54, 1.807) is 0 Å². The highest BCUT2D eigenvalue weighted by Gasteiger charge is 2.64. The van der Waals surface area contributed by atoms with E-state index in [0.717, 1.165) is 12.8 Å². The summed E-state index contributed by atoms with van der Waals surface area (Å²) in [5, 5.41) is 12.1. The SMILES string of the molecule is CC1(C)C(O)CCC2(C)C1CCC1n3c(cc4ccccc43)CC12C. The highest BCUT2D eigenvalue weighted by molar-refractivity contribution is 5.82. The molecule has 1 aliphatic heterocycles. The van der Waals surface area contributed by atoms with Gasteiger partial charge in [-0.15, -0.1) is 0 Å². The second-order valence-electron chi connectivity index (χ2n) is 10.1. The van der Waals surface area contributed by atoms with Crippen molar-refractivity contribution in [3.8, 4) is 0 Å². The molecule has 5 unspecified atom stereocenters. The summed E-state index contributed by atoms with van der Waals surface area (Å²) in [7, 11) is 0. The number of para-hydroxylation sites is 1. The molecule has 2 heterocycles. The van der Waals surface area contributed by atoms with Crippen molar-refractivity contribution in [2.45, 2.75) is 71.9 Å². The quantitative estimate of drug-likeness (QED) is 0.689. The molecule has 5 rings (SSSR count). The van der Waals surface area contributed by atoms with Gasteiger partial charge in [-0.05, 0) is 71.8 Å². The lowest BCUT2D eigenvalue weighted by molar-refractivity contribution is -0.176. The molecule has 1 N–H and O–H groups in total. The molecule has 134 valence electrons. The first kappa shape index (κ1) is 15.9. The number of benzene rings is 1.